The number of hydrogen-bond donors (Lipinski definition) is 1. The lowest BCUT2D eigenvalue weighted by Crippen LogP contribution is -2.53. The normalized spacial score (nSPS) is 15.3. The van der Waals surface area contributed by atoms with Crippen LogP contribution >= 0.6 is 0 Å². The number of nitrogens with zero attached hydrogens (tertiary/aromatic N) is 2. The van der Waals surface area contributed by atoms with Gasteiger partial charge in [0, 0.05) is 39.1 Å². The Bertz CT molecular complexity index is 795. The van der Waals surface area contributed by atoms with Crippen molar-refractivity contribution in [2.45, 2.75) is 65.6 Å². The molecule has 1 atom stereocenters. The molecule has 0 spiro atoms. The SMILES string of the molecule is CC(Oc1ccccc1C(C)C)C(=O)N1CCN(C(=O)CCNC(=O)OC(C)(C)C)CC1. The van der Waals surface area contributed by atoms with Crippen molar-refractivity contribution in [1.82, 2.24) is 15.1 Å². The Balaban J connectivity index is 1.77. The third-order valence-corrected chi connectivity index (χ3v) is 5.14. The van der Waals surface area contributed by atoms with E-state index in [1.54, 1.807) is 37.5 Å². The maximum absolute atomic E-state index is 12.9. The van der Waals surface area contributed by atoms with Crippen LogP contribution in [-0.2, 0) is 14.3 Å². The molecule has 0 aromatic heterocycles. The summed E-state index contributed by atoms with van der Waals surface area (Å²) < 4.78 is 11.1. The standard InChI is InChI=1S/C24H37N3O5/c1-17(2)19-9-7-8-10-20(19)31-18(3)22(29)27-15-13-26(14-16-27)21(28)11-12-25-23(30)32-24(4,5)6/h7-10,17-18H,11-16H2,1-6H3,(H,25,30). The van der Waals surface area contributed by atoms with Crippen LogP contribution in [0.5, 0.6) is 5.75 Å². The Morgan fingerprint density at radius 3 is 2.19 bits per heavy atom. The molecule has 0 radical (unpaired) electrons. The van der Waals surface area contributed by atoms with Crippen molar-refractivity contribution in [2.75, 3.05) is 32.7 Å². The van der Waals surface area contributed by atoms with Crippen molar-refractivity contribution in [3.05, 3.63) is 29.8 Å². The lowest BCUT2D eigenvalue weighted by atomic mass is 10.0. The van der Waals surface area contributed by atoms with Crippen molar-refractivity contribution >= 4 is 17.9 Å². The predicted molar refractivity (Wildman–Crippen MR) is 123 cm³/mol. The molecular formula is C24H37N3O5. The Morgan fingerprint density at radius 1 is 1.00 bits per heavy atom. The van der Waals surface area contributed by atoms with E-state index < -0.39 is 17.8 Å². The van der Waals surface area contributed by atoms with E-state index in [2.05, 4.69) is 19.2 Å². The molecule has 178 valence electrons. The van der Waals surface area contributed by atoms with Gasteiger partial charge in [-0.25, -0.2) is 4.79 Å². The Morgan fingerprint density at radius 2 is 1.59 bits per heavy atom. The van der Waals surface area contributed by atoms with E-state index >= 15 is 0 Å². The molecule has 32 heavy (non-hydrogen) atoms. The van der Waals surface area contributed by atoms with Crippen LogP contribution in [0.25, 0.3) is 0 Å². The van der Waals surface area contributed by atoms with Crippen molar-refractivity contribution < 1.29 is 23.9 Å². The van der Waals surface area contributed by atoms with Gasteiger partial charge in [-0.15, -0.1) is 0 Å². The van der Waals surface area contributed by atoms with Crippen LogP contribution in [0.3, 0.4) is 0 Å². The molecular weight excluding hydrogens is 410 g/mol. The lowest BCUT2D eigenvalue weighted by molar-refractivity contribution is -0.143. The minimum Gasteiger partial charge on any atom is -0.481 e. The minimum atomic E-state index is -0.602. The molecule has 1 aliphatic rings. The fourth-order valence-electron chi connectivity index (χ4n) is 3.48. The van der Waals surface area contributed by atoms with Gasteiger partial charge in [0.05, 0.1) is 0 Å². The second kappa shape index (κ2) is 11.2. The average Bonchev–Trinajstić information content (AvgIpc) is 2.72. The highest BCUT2D eigenvalue weighted by molar-refractivity contribution is 5.82. The zero-order chi connectivity index (χ0) is 23.9. The van der Waals surface area contributed by atoms with Crippen LogP contribution in [0.2, 0.25) is 0 Å². The van der Waals surface area contributed by atoms with Crippen molar-refractivity contribution in [2.24, 2.45) is 0 Å². The number of nitrogens with one attached hydrogen (secondary N) is 1. The summed E-state index contributed by atoms with van der Waals surface area (Å²) in [5.74, 6) is 0.896. The number of alkyl carbamates (subject to hydrolysis) is 1. The number of para-hydroxylation sites is 1. The van der Waals surface area contributed by atoms with Crippen LogP contribution in [0.4, 0.5) is 4.79 Å². The fraction of sp³-hybridized carbons (Fsp3) is 0.625. The zero-order valence-corrected chi connectivity index (χ0v) is 20.1. The van der Waals surface area contributed by atoms with E-state index in [9.17, 15) is 14.4 Å². The first-order chi connectivity index (χ1) is 15.0. The molecule has 2 rings (SSSR count). The molecule has 1 aliphatic heterocycles. The van der Waals surface area contributed by atoms with Crippen molar-refractivity contribution in [3.8, 4) is 5.75 Å². The molecule has 1 N–H and O–H groups in total. The first kappa shape index (κ1) is 25.5. The molecule has 0 bridgehead atoms. The van der Waals surface area contributed by atoms with Gasteiger partial charge >= 0.3 is 6.09 Å². The molecule has 1 aromatic rings. The highest BCUT2D eigenvalue weighted by Crippen LogP contribution is 2.27. The summed E-state index contributed by atoms with van der Waals surface area (Å²) in [4.78, 5) is 40.4. The van der Waals surface area contributed by atoms with Crippen LogP contribution in [0.15, 0.2) is 24.3 Å². The number of piperazine rings is 1. The van der Waals surface area contributed by atoms with Gasteiger partial charge in [-0.3, -0.25) is 9.59 Å². The maximum atomic E-state index is 12.9. The number of ether oxygens (including phenoxy) is 2. The van der Waals surface area contributed by atoms with Crippen molar-refractivity contribution in [1.29, 1.82) is 0 Å². The van der Waals surface area contributed by atoms with E-state index in [1.807, 2.05) is 24.3 Å². The minimum absolute atomic E-state index is 0.0525. The van der Waals surface area contributed by atoms with Crippen molar-refractivity contribution in [3.63, 3.8) is 0 Å². The molecule has 1 fully saturated rings. The summed E-state index contributed by atoms with van der Waals surface area (Å²) in [6.45, 7) is 13.4. The van der Waals surface area contributed by atoms with Gasteiger partial charge in [0.15, 0.2) is 6.10 Å². The highest BCUT2D eigenvalue weighted by Gasteiger charge is 2.28. The Hall–Kier alpha value is -2.77. The van der Waals surface area contributed by atoms with Gasteiger partial charge in [-0.05, 0) is 45.2 Å². The molecule has 8 nitrogen and oxygen atoms in total. The molecule has 0 saturated carbocycles. The van der Waals surface area contributed by atoms with E-state index in [1.165, 1.54) is 0 Å². The number of amides is 3. The van der Waals surface area contributed by atoms with E-state index in [-0.39, 0.29) is 24.8 Å². The largest absolute Gasteiger partial charge is 0.481 e. The smallest absolute Gasteiger partial charge is 0.407 e. The first-order valence-corrected chi connectivity index (χ1v) is 11.3. The second-order valence-corrected chi connectivity index (χ2v) is 9.34. The van der Waals surface area contributed by atoms with E-state index in [0.29, 0.717) is 32.1 Å². The third kappa shape index (κ3) is 7.73. The lowest BCUT2D eigenvalue weighted by Gasteiger charge is -2.36. The third-order valence-electron chi connectivity index (χ3n) is 5.14. The summed E-state index contributed by atoms with van der Waals surface area (Å²) >= 11 is 0. The monoisotopic (exact) mass is 447 g/mol. The van der Waals surface area contributed by atoms with Gasteiger partial charge in [0.25, 0.3) is 5.91 Å². The topological polar surface area (TPSA) is 88.2 Å². The summed E-state index contributed by atoms with van der Waals surface area (Å²) in [6, 6.07) is 7.77. The maximum Gasteiger partial charge on any atom is 0.407 e. The number of hydrogen-bond acceptors (Lipinski definition) is 5. The number of carbonyl (C=O) groups is 3. The summed E-state index contributed by atoms with van der Waals surface area (Å²) in [7, 11) is 0. The van der Waals surface area contributed by atoms with Crippen LogP contribution < -0.4 is 10.1 Å². The number of rotatable bonds is 7. The molecule has 1 heterocycles. The zero-order valence-electron chi connectivity index (χ0n) is 20.1. The van der Waals surface area contributed by atoms with Gasteiger partial charge in [-0.2, -0.15) is 0 Å². The summed E-state index contributed by atoms with van der Waals surface area (Å²) in [5.41, 5.74) is 0.497. The van der Waals surface area contributed by atoms with Gasteiger partial charge in [-0.1, -0.05) is 32.0 Å². The molecule has 1 unspecified atom stereocenters. The predicted octanol–water partition coefficient (Wildman–Crippen LogP) is 3.16. The number of carbonyl (C=O) groups excluding carboxylic acids is 3. The Labute approximate surface area is 191 Å². The quantitative estimate of drug-likeness (QED) is 0.694. The van der Waals surface area contributed by atoms with Crippen LogP contribution in [0.1, 0.15) is 59.4 Å². The fourth-order valence-corrected chi connectivity index (χ4v) is 3.48. The molecule has 0 aliphatic carbocycles. The molecule has 3 amide bonds. The Kier molecular flexibility index (Phi) is 8.92. The van der Waals surface area contributed by atoms with Gasteiger partial charge in [0.1, 0.15) is 11.4 Å². The first-order valence-electron chi connectivity index (χ1n) is 11.3. The second-order valence-electron chi connectivity index (χ2n) is 9.34. The molecule has 1 saturated heterocycles. The van der Waals surface area contributed by atoms with Crippen LogP contribution in [-0.4, -0.2) is 72.1 Å². The summed E-state index contributed by atoms with van der Waals surface area (Å²) in [5, 5.41) is 2.60. The van der Waals surface area contributed by atoms with Crippen LogP contribution in [0, 0.1) is 0 Å². The van der Waals surface area contributed by atoms with Gasteiger partial charge in [0.2, 0.25) is 5.91 Å². The number of benzene rings is 1. The molecule has 8 heteroatoms. The average molecular weight is 448 g/mol. The summed E-state index contributed by atoms with van der Waals surface area (Å²) in [6.07, 6.45) is -0.942. The molecule has 1 aromatic carbocycles. The highest BCUT2D eigenvalue weighted by atomic mass is 16.6. The van der Waals surface area contributed by atoms with Gasteiger partial charge < -0.3 is 24.6 Å². The van der Waals surface area contributed by atoms with E-state index in [0.717, 1.165) is 11.3 Å². The van der Waals surface area contributed by atoms with E-state index in [4.69, 9.17) is 9.47 Å².